The molecule has 3 saturated heterocycles. The number of nitrogens with zero attached hydrogens (tertiary/aromatic N) is 1. The first-order valence-electron chi connectivity index (χ1n) is 10.8. The maximum Gasteiger partial charge on any atom is 0.417 e. The zero-order valence-corrected chi connectivity index (χ0v) is 18.7. The normalized spacial score (nSPS) is 32.8. The van der Waals surface area contributed by atoms with Crippen LogP contribution in [-0.4, -0.2) is 66.0 Å². The van der Waals surface area contributed by atoms with Gasteiger partial charge in [0.15, 0.2) is 17.7 Å². The van der Waals surface area contributed by atoms with E-state index < -0.39 is 47.9 Å². The highest BCUT2D eigenvalue weighted by Gasteiger charge is 2.57. The van der Waals surface area contributed by atoms with Crippen molar-refractivity contribution in [2.24, 2.45) is 5.92 Å². The van der Waals surface area contributed by atoms with E-state index in [0.717, 1.165) is 5.56 Å². The van der Waals surface area contributed by atoms with Crippen molar-refractivity contribution >= 4 is 12.0 Å². The van der Waals surface area contributed by atoms with Gasteiger partial charge in [0, 0.05) is 5.92 Å². The smallest absolute Gasteiger partial charge is 0.417 e. The maximum absolute atomic E-state index is 13.4. The van der Waals surface area contributed by atoms with E-state index in [1.165, 1.54) is 4.90 Å². The summed E-state index contributed by atoms with van der Waals surface area (Å²) >= 11 is 0. The van der Waals surface area contributed by atoms with Crippen LogP contribution in [0.4, 0.5) is 4.79 Å². The second-order valence-electron chi connectivity index (χ2n) is 9.37. The molecule has 1 aromatic carbocycles. The summed E-state index contributed by atoms with van der Waals surface area (Å²) in [5.41, 5.74) is 1.03. The Balaban J connectivity index is 1.58. The molecule has 0 radical (unpaired) electrons. The molecule has 3 fully saturated rings. The molecule has 0 aliphatic carbocycles. The van der Waals surface area contributed by atoms with Gasteiger partial charge >= 0.3 is 6.09 Å². The average Bonchev–Trinajstić information content (AvgIpc) is 3.35. The first kappa shape index (κ1) is 22.2. The highest BCUT2D eigenvalue weighted by molar-refractivity contribution is 5.95. The van der Waals surface area contributed by atoms with Gasteiger partial charge in [0.25, 0.3) is 0 Å². The molecule has 1 aromatic rings. The molecule has 8 heteroatoms. The van der Waals surface area contributed by atoms with Crippen molar-refractivity contribution in [1.82, 2.24) is 4.90 Å². The highest BCUT2D eigenvalue weighted by Crippen LogP contribution is 2.37. The number of carbonyl (C=O) groups is 2. The summed E-state index contributed by atoms with van der Waals surface area (Å²) in [4.78, 5) is 27.6. The van der Waals surface area contributed by atoms with E-state index in [0.29, 0.717) is 6.42 Å². The molecule has 0 aromatic heterocycles. The molecule has 31 heavy (non-hydrogen) atoms. The lowest BCUT2D eigenvalue weighted by Gasteiger charge is -2.31. The zero-order valence-electron chi connectivity index (χ0n) is 18.7. The minimum Gasteiger partial charge on any atom is -0.441 e. The van der Waals surface area contributed by atoms with Gasteiger partial charge in [0.2, 0.25) is 5.91 Å². The van der Waals surface area contributed by atoms with Gasteiger partial charge in [-0.1, -0.05) is 37.3 Å². The van der Waals surface area contributed by atoms with Crippen molar-refractivity contribution in [3.63, 3.8) is 0 Å². The fourth-order valence-corrected chi connectivity index (χ4v) is 4.48. The van der Waals surface area contributed by atoms with Gasteiger partial charge in [-0.15, -0.1) is 0 Å². The molecule has 5 atom stereocenters. The fourth-order valence-electron chi connectivity index (χ4n) is 4.48. The van der Waals surface area contributed by atoms with E-state index >= 15 is 0 Å². The molecule has 3 aliphatic heterocycles. The molecule has 0 spiro atoms. The number of rotatable bonds is 5. The van der Waals surface area contributed by atoms with E-state index in [4.69, 9.17) is 23.7 Å². The molecule has 170 valence electrons. The molecule has 0 saturated carbocycles. The zero-order chi connectivity index (χ0) is 22.4. The Morgan fingerprint density at radius 2 is 1.61 bits per heavy atom. The van der Waals surface area contributed by atoms with E-state index in [9.17, 15) is 9.59 Å². The number of benzene rings is 1. The van der Waals surface area contributed by atoms with E-state index in [-0.39, 0.29) is 19.1 Å². The lowest BCUT2D eigenvalue weighted by molar-refractivity contribution is -0.164. The molecular formula is C23H31NO7. The third kappa shape index (κ3) is 4.62. The summed E-state index contributed by atoms with van der Waals surface area (Å²) in [6, 6.07) is 9.06. The van der Waals surface area contributed by atoms with Crippen LogP contribution < -0.4 is 0 Å². The number of hydrogen-bond donors (Lipinski definition) is 0. The van der Waals surface area contributed by atoms with E-state index in [2.05, 4.69) is 0 Å². The van der Waals surface area contributed by atoms with Crippen LogP contribution >= 0.6 is 0 Å². The van der Waals surface area contributed by atoms with Crippen LogP contribution in [0.3, 0.4) is 0 Å². The summed E-state index contributed by atoms with van der Waals surface area (Å²) in [5, 5.41) is 0. The van der Waals surface area contributed by atoms with Crippen molar-refractivity contribution in [3.8, 4) is 0 Å². The molecule has 2 amide bonds. The molecular weight excluding hydrogens is 402 g/mol. The van der Waals surface area contributed by atoms with Crippen molar-refractivity contribution in [2.75, 3.05) is 13.2 Å². The third-order valence-electron chi connectivity index (χ3n) is 5.92. The number of cyclic esters (lactones) is 1. The van der Waals surface area contributed by atoms with Crippen molar-refractivity contribution in [1.29, 1.82) is 0 Å². The highest BCUT2D eigenvalue weighted by atomic mass is 16.8. The number of hydrogen-bond acceptors (Lipinski definition) is 7. The van der Waals surface area contributed by atoms with Crippen molar-refractivity contribution in [3.05, 3.63) is 35.9 Å². The van der Waals surface area contributed by atoms with Gasteiger partial charge < -0.3 is 23.7 Å². The first-order valence-corrected chi connectivity index (χ1v) is 10.8. The second-order valence-corrected chi connectivity index (χ2v) is 9.37. The van der Waals surface area contributed by atoms with Crippen LogP contribution in [0.1, 0.15) is 40.2 Å². The number of amides is 2. The molecule has 3 aliphatic rings. The summed E-state index contributed by atoms with van der Waals surface area (Å²) in [5.74, 6) is -2.31. The van der Waals surface area contributed by atoms with Crippen molar-refractivity contribution in [2.45, 2.75) is 77.0 Å². The SMILES string of the molecule is C[C@@H](Cc1ccccc1)C(=O)N1C(=O)O[C@H]([C@H]2COC(C)(C)O2)[C@@H]1[C@H]1COC(C)(C)O1. The van der Waals surface area contributed by atoms with Gasteiger partial charge in [0.1, 0.15) is 18.2 Å². The van der Waals surface area contributed by atoms with Crippen LogP contribution in [0.25, 0.3) is 0 Å². The Morgan fingerprint density at radius 1 is 1.03 bits per heavy atom. The summed E-state index contributed by atoms with van der Waals surface area (Å²) < 4.78 is 29.1. The van der Waals surface area contributed by atoms with Gasteiger partial charge in [-0.2, -0.15) is 0 Å². The lowest BCUT2D eigenvalue weighted by atomic mass is 9.96. The van der Waals surface area contributed by atoms with Gasteiger partial charge in [-0.25, -0.2) is 9.69 Å². The number of carbonyl (C=O) groups excluding carboxylic acids is 2. The van der Waals surface area contributed by atoms with Crippen LogP contribution in [-0.2, 0) is 34.9 Å². The molecule has 4 rings (SSSR count). The Labute approximate surface area is 182 Å². The largest absolute Gasteiger partial charge is 0.441 e. The molecule has 0 bridgehead atoms. The maximum atomic E-state index is 13.4. The van der Waals surface area contributed by atoms with Gasteiger partial charge in [-0.3, -0.25) is 4.79 Å². The predicted molar refractivity (Wildman–Crippen MR) is 110 cm³/mol. The van der Waals surface area contributed by atoms with Crippen LogP contribution in [0.2, 0.25) is 0 Å². The van der Waals surface area contributed by atoms with Gasteiger partial charge in [-0.05, 0) is 39.7 Å². The molecule has 0 unspecified atom stereocenters. The molecule has 3 heterocycles. The van der Waals surface area contributed by atoms with Crippen molar-refractivity contribution < 1.29 is 33.3 Å². The Hall–Kier alpha value is -2.00. The first-order chi connectivity index (χ1) is 14.6. The Morgan fingerprint density at radius 3 is 2.16 bits per heavy atom. The quantitative estimate of drug-likeness (QED) is 0.706. The summed E-state index contributed by atoms with van der Waals surface area (Å²) in [7, 11) is 0. The third-order valence-corrected chi connectivity index (χ3v) is 5.92. The molecule has 0 N–H and O–H groups in total. The Bertz CT molecular complexity index is 824. The van der Waals surface area contributed by atoms with E-state index in [1.54, 1.807) is 0 Å². The lowest BCUT2D eigenvalue weighted by Crippen LogP contribution is -2.54. The fraction of sp³-hybridized carbons (Fsp3) is 0.652. The topological polar surface area (TPSA) is 83.5 Å². The number of imide groups is 1. The predicted octanol–water partition coefficient (Wildman–Crippen LogP) is 2.88. The second kappa shape index (κ2) is 8.16. The summed E-state index contributed by atoms with van der Waals surface area (Å²) in [6.07, 6.45) is -1.89. The van der Waals surface area contributed by atoms with E-state index in [1.807, 2.05) is 65.0 Å². The monoisotopic (exact) mass is 433 g/mol. The average molecular weight is 434 g/mol. The number of ether oxygens (including phenoxy) is 5. The Kier molecular flexibility index (Phi) is 5.85. The van der Waals surface area contributed by atoms with Gasteiger partial charge in [0.05, 0.1) is 13.2 Å². The molecule has 8 nitrogen and oxygen atoms in total. The van der Waals surface area contributed by atoms with Crippen LogP contribution in [0, 0.1) is 5.92 Å². The van der Waals surface area contributed by atoms with Crippen LogP contribution in [0.5, 0.6) is 0 Å². The minimum atomic E-state index is -0.808. The van der Waals surface area contributed by atoms with Crippen LogP contribution in [0.15, 0.2) is 30.3 Å². The minimum absolute atomic E-state index is 0.249. The summed E-state index contributed by atoms with van der Waals surface area (Å²) in [6.45, 7) is 9.56. The standard InChI is InChI=1S/C23H31NO7/c1-14(11-15-9-7-6-8-10-15)20(25)24-18(16-12-27-22(2,3)30-16)19(29-21(24)26)17-13-28-23(4,5)31-17/h6-10,14,16-19H,11-13H2,1-5H3/t14-,16+,17+,18-,19+/m0/s1.